The van der Waals surface area contributed by atoms with Crippen LogP contribution in [0.4, 0.5) is 4.39 Å². The highest BCUT2D eigenvalue weighted by Crippen LogP contribution is 2.17. The van der Waals surface area contributed by atoms with E-state index in [9.17, 15) is 14.0 Å². The molecule has 1 N–H and O–H groups in total. The SMILES string of the molecule is C[C@@H](C(=O)NCc1ccccc1Cl)N(Cc1ccc(F)cc1)C(=O)Cc1ccc(Cl)cc1. The lowest BCUT2D eigenvalue weighted by atomic mass is 10.1. The van der Waals surface area contributed by atoms with Crippen LogP contribution in [0.15, 0.2) is 72.8 Å². The van der Waals surface area contributed by atoms with Gasteiger partial charge in [-0.25, -0.2) is 4.39 Å². The summed E-state index contributed by atoms with van der Waals surface area (Å²) < 4.78 is 13.3. The summed E-state index contributed by atoms with van der Waals surface area (Å²) in [7, 11) is 0. The van der Waals surface area contributed by atoms with E-state index < -0.39 is 6.04 Å². The van der Waals surface area contributed by atoms with Gasteiger partial charge in [-0.2, -0.15) is 0 Å². The van der Waals surface area contributed by atoms with Crippen LogP contribution >= 0.6 is 23.2 Å². The minimum absolute atomic E-state index is 0.112. The minimum atomic E-state index is -0.748. The van der Waals surface area contributed by atoms with Gasteiger partial charge in [-0.15, -0.1) is 0 Å². The maximum Gasteiger partial charge on any atom is 0.242 e. The van der Waals surface area contributed by atoms with Crippen LogP contribution in [0.5, 0.6) is 0 Å². The molecule has 0 aromatic heterocycles. The van der Waals surface area contributed by atoms with Gasteiger partial charge in [0.2, 0.25) is 11.8 Å². The van der Waals surface area contributed by atoms with Crippen molar-refractivity contribution in [3.05, 3.63) is 105 Å². The molecule has 2 amide bonds. The molecule has 0 aliphatic carbocycles. The zero-order valence-electron chi connectivity index (χ0n) is 17.5. The van der Waals surface area contributed by atoms with Crippen molar-refractivity contribution >= 4 is 35.0 Å². The molecule has 4 nitrogen and oxygen atoms in total. The van der Waals surface area contributed by atoms with Crippen LogP contribution in [0.2, 0.25) is 10.0 Å². The Labute approximate surface area is 197 Å². The summed E-state index contributed by atoms with van der Waals surface area (Å²) in [4.78, 5) is 27.5. The third kappa shape index (κ3) is 6.55. The zero-order chi connectivity index (χ0) is 23.1. The van der Waals surface area contributed by atoms with Crippen molar-refractivity contribution in [1.29, 1.82) is 0 Å². The minimum Gasteiger partial charge on any atom is -0.350 e. The van der Waals surface area contributed by atoms with Crippen molar-refractivity contribution in [1.82, 2.24) is 10.2 Å². The molecule has 0 bridgehead atoms. The monoisotopic (exact) mass is 472 g/mol. The lowest BCUT2D eigenvalue weighted by molar-refractivity contribution is -0.140. The molecule has 0 aliphatic heterocycles. The molecule has 7 heteroatoms. The molecule has 3 aromatic rings. The van der Waals surface area contributed by atoms with E-state index in [1.165, 1.54) is 17.0 Å². The van der Waals surface area contributed by atoms with Crippen molar-refractivity contribution in [2.24, 2.45) is 0 Å². The van der Waals surface area contributed by atoms with Gasteiger partial charge in [0.05, 0.1) is 6.42 Å². The van der Waals surface area contributed by atoms with E-state index in [-0.39, 0.29) is 37.1 Å². The molecule has 32 heavy (non-hydrogen) atoms. The Morgan fingerprint density at radius 3 is 2.22 bits per heavy atom. The smallest absolute Gasteiger partial charge is 0.242 e. The summed E-state index contributed by atoms with van der Waals surface area (Å²) in [6.07, 6.45) is 0.112. The zero-order valence-corrected chi connectivity index (χ0v) is 19.0. The fourth-order valence-corrected chi connectivity index (χ4v) is 3.55. The maximum absolute atomic E-state index is 13.3. The van der Waals surface area contributed by atoms with Gasteiger partial charge in [0, 0.05) is 23.1 Å². The standard InChI is InChI=1S/C25H23Cl2FN2O2/c1-17(25(32)29-15-20-4-2-3-5-23(20)27)30(16-19-8-12-22(28)13-9-19)24(31)14-18-6-10-21(26)11-7-18/h2-13,17H,14-16H2,1H3,(H,29,32)/t17-/m0/s1. The number of rotatable bonds is 8. The fourth-order valence-electron chi connectivity index (χ4n) is 3.22. The first-order chi connectivity index (χ1) is 15.3. The van der Waals surface area contributed by atoms with Crippen molar-refractivity contribution in [2.75, 3.05) is 0 Å². The van der Waals surface area contributed by atoms with Crippen LogP contribution in [0.25, 0.3) is 0 Å². The number of carbonyl (C=O) groups excluding carboxylic acids is 2. The van der Waals surface area contributed by atoms with Gasteiger partial charge >= 0.3 is 0 Å². The second kappa shape index (κ2) is 11.1. The topological polar surface area (TPSA) is 49.4 Å². The Kier molecular flexibility index (Phi) is 8.26. The molecule has 0 fully saturated rings. The molecular weight excluding hydrogens is 450 g/mol. The first kappa shape index (κ1) is 23.8. The summed E-state index contributed by atoms with van der Waals surface area (Å²) in [6, 6.07) is 19.3. The predicted octanol–water partition coefficient (Wildman–Crippen LogP) is 5.41. The number of benzene rings is 3. The van der Waals surface area contributed by atoms with Crippen molar-refractivity contribution < 1.29 is 14.0 Å². The van der Waals surface area contributed by atoms with E-state index >= 15 is 0 Å². The molecule has 0 saturated heterocycles. The van der Waals surface area contributed by atoms with E-state index in [1.54, 1.807) is 49.4 Å². The Morgan fingerprint density at radius 1 is 0.938 bits per heavy atom. The Hall–Kier alpha value is -2.89. The largest absolute Gasteiger partial charge is 0.350 e. The average Bonchev–Trinajstić information content (AvgIpc) is 2.79. The summed E-state index contributed by atoms with van der Waals surface area (Å²) in [5.41, 5.74) is 2.29. The summed E-state index contributed by atoms with van der Waals surface area (Å²) >= 11 is 12.1. The van der Waals surface area contributed by atoms with Gasteiger partial charge in [0.15, 0.2) is 0 Å². The first-order valence-corrected chi connectivity index (χ1v) is 10.9. The van der Waals surface area contributed by atoms with E-state index in [0.717, 1.165) is 16.7 Å². The number of halogens is 3. The van der Waals surface area contributed by atoms with Crippen molar-refractivity contribution in [3.63, 3.8) is 0 Å². The summed E-state index contributed by atoms with van der Waals surface area (Å²) in [5.74, 6) is -0.896. The van der Waals surface area contributed by atoms with Crippen LogP contribution in [0.1, 0.15) is 23.6 Å². The van der Waals surface area contributed by atoms with Crippen LogP contribution in [0, 0.1) is 5.82 Å². The van der Waals surface area contributed by atoms with E-state index in [1.807, 2.05) is 18.2 Å². The Bertz CT molecular complexity index is 1070. The number of hydrogen-bond acceptors (Lipinski definition) is 2. The Balaban J connectivity index is 1.75. The number of carbonyl (C=O) groups is 2. The van der Waals surface area contributed by atoms with Gasteiger partial charge in [-0.3, -0.25) is 9.59 Å². The lowest BCUT2D eigenvalue weighted by Crippen LogP contribution is -2.48. The molecule has 0 unspecified atom stereocenters. The second-order valence-corrected chi connectivity index (χ2v) is 8.28. The highest BCUT2D eigenvalue weighted by molar-refractivity contribution is 6.31. The highest BCUT2D eigenvalue weighted by Gasteiger charge is 2.26. The third-order valence-electron chi connectivity index (χ3n) is 5.11. The molecule has 0 radical (unpaired) electrons. The average molecular weight is 473 g/mol. The van der Waals surface area contributed by atoms with Crippen molar-refractivity contribution in [3.8, 4) is 0 Å². The Morgan fingerprint density at radius 2 is 1.56 bits per heavy atom. The quantitative estimate of drug-likeness (QED) is 0.476. The van der Waals surface area contributed by atoms with Crippen molar-refractivity contribution in [2.45, 2.75) is 32.5 Å². The van der Waals surface area contributed by atoms with Gasteiger partial charge in [0.1, 0.15) is 11.9 Å². The molecule has 3 aromatic carbocycles. The number of hydrogen-bond donors (Lipinski definition) is 1. The molecular formula is C25H23Cl2FN2O2. The van der Waals surface area contributed by atoms with E-state index in [4.69, 9.17) is 23.2 Å². The number of nitrogens with zero attached hydrogens (tertiary/aromatic N) is 1. The fraction of sp³-hybridized carbons (Fsp3) is 0.200. The number of nitrogens with one attached hydrogen (secondary N) is 1. The lowest BCUT2D eigenvalue weighted by Gasteiger charge is -2.29. The van der Waals surface area contributed by atoms with E-state index in [2.05, 4.69) is 5.32 Å². The molecule has 0 aliphatic rings. The first-order valence-electron chi connectivity index (χ1n) is 10.1. The van der Waals surface area contributed by atoms with Crippen LogP contribution in [-0.4, -0.2) is 22.8 Å². The normalized spacial score (nSPS) is 11.6. The molecule has 0 saturated carbocycles. The maximum atomic E-state index is 13.3. The van der Waals surface area contributed by atoms with Gasteiger partial charge in [0.25, 0.3) is 0 Å². The molecule has 3 rings (SSSR count). The van der Waals surface area contributed by atoms with Crippen LogP contribution < -0.4 is 5.32 Å². The highest BCUT2D eigenvalue weighted by atomic mass is 35.5. The van der Waals surface area contributed by atoms with Gasteiger partial charge < -0.3 is 10.2 Å². The van der Waals surface area contributed by atoms with Gasteiger partial charge in [-0.05, 0) is 53.9 Å². The molecule has 166 valence electrons. The molecule has 0 heterocycles. The summed E-state index contributed by atoms with van der Waals surface area (Å²) in [5, 5.41) is 3.98. The third-order valence-corrected chi connectivity index (χ3v) is 5.73. The summed E-state index contributed by atoms with van der Waals surface area (Å²) in [6.45, 7) is 2.09. The predicted molar refractivity (Wildman–Crippen MR) is 125 cm³/mol. The van der Waals surface area contributed by atoms with Gasteiger partial charge in [-0.1, -0.05) is 65.7 Å². The molecule has 1 atom stereocenters. The van der Waals surface area contributed by atoms with Crippen LogP contribution in [0.3, 0.4) is 0 Å². The van der Waals surface area contributed by atoms with E-state index in [0.29, 0.717) is 10.0 Å². The van der Waals surface area contributed by atoms with Crippen LogP contribution in [-0.2, 0) is 29.1 Å². The number of amides is 2. The second-order valence-electron chi connectivity index (χ2n) is 7.44. The molecule has 0 spiro atoms.